The fraction of sp³-hybridized carbons (Fsp3) is 0.250. The Balaban J connectivity index is 1.97. The molecule has 2 aromatic rings. The van der Waals surface area contributed by atoms with Crippen molar-refractivity contribution in [2.75, 3.05) is 11.6 Å². The maximum atomic E-state index is 3.46. The molecule has 0 aliphatic carbocycles. The lowest BCUT2D eigenvalue weighted by Crippen LogP contribution is -1.99. The van der Waals surface area contributed by atoms with Crippen LogP contribution in [0.4, 0.5) is 5.69 Å². The molecule has 0 saturated heterocycles. The van der Waals surface area contributed by atoms with Gasteiger partial charge in [0.15, 0.2) is 0 Å². The molecule has 0 aliphatic rings. The minimum Gasteiger partial charge on any atom is -0.381 e. The van der Waals surface area contributed by atoms with Gasteiger partial charge in [-0.15, -0.1) is 11.8 Å². The molecular formula is C16H19NS. The molecule has 94 valence electrons. The summed E-state index contributed by atoms with van der Waals surface area (Å²) >= 11 is 1.77. The molecule has 0 fully saturated rings. The standard InChI is InChI=1S/C16H19NS/c1-3-13-7-9-14(10-8-13)12-17-15-5-4-6-16(11-15)18-2/h4-11,17H,3,12H2,1-2H3. The summed E-state index contributed by atoms with van der Waals surface area (Å²) in [4.78, 5) is 1.29. The molecule has 2 heteroatoms. The first-order chi connectivity index (χ1) is 8.81. The minimum atomic E-state index is 0.877. The van der Waals surface area contributed by atoms with Crippen LogP contribution in [-0.4, -0.2) is 6.26 Å². The fourth-order valence-electron chi connectivity index (χ4n) is 1.83. The topological polar surface area (TPSA) is 12.0 Å². The van der Waals surface area contributed by atoms with E-state index in [0.29, 0.717) is 0 Å². The Hall–Kier alpha value is -1.41. The van der Waals surface area contributed by atoms with Crippen molar-refractivity contribution in [2.24, 2.45) is 0 Å². The molecule has 2 rings (SSSR count). The van der Waals surface area contributed by atoms with Gasteiger partial charge in [-0.3, -0.25) is 0 Å². The molecule has 0 radical (unpaired) electrons. The van der Waals surface area contributed by atoms with Crippen LogP contribution in [0, 0.1) is 0 Å². The number of benzene rings is 2. The van der Waals surface area contributed by atoms with Gasteiger partial charge < -0.3 is 5.32 Å². The van der Waals surface area contributed by atoms with E-state index in [2.05, 4.69) is 67.0 Å². The van der Waals surface area contributed by atoms with Gasteiger partial charge in [-0.1, -0.05) is 37.3 Å². The van der Waals surface area contributed by atoms with Crippen LogP contribution in [0.3, 0.4) is 0 Å². The molecule has 18 heavy (non-hydrogen) atoms. The third-order valence-corrected chi connectivity index (χ3v) is 3.72. The van der Waals surface area contributed by atoms with Gasteiger partial charge in [0.05, 0.1) is 0 Å². The quantitative estimate of drug-likeness (QED) is 0.787. The van der Waals surface area contributed by atoms with Crippen molar-refractivity contribution >= 4 is 17.4 Å². The molecule has 0 bridgehead atoms. The molecule has 0 aliphatic heterocycles. The Morgan fingerprint density at radius 1 is 1.00 bits per heavy atom. The molecule has 0 saturated carbocycles. The second-order valence-electron chi connectivity index (χ2n) is 4.26. The Labute approximate surface area is 114 Å². The second kappa shape index (κ2) is 6.50. The summed E-state index contributed by atoms with van der Waals surface area (Å²) < 4.78 is 0. The van der Waals surface area contributed by atoms with Crippen molar-refractivity contribution < 1.29 is 0 Å². The summed E-state index contributed by atoms with van der Waals surface area (Å²) in [6.07, 6.45) is 3.20. The van der Waals surface area contributed by atoms with Crippen molar-refractivity contribution in [1.82, 2.24) is 0 Å². The van der Waals surface area contributed by atoms with Crippen LogP contribution >= 0.6 is 11.8 Å². The largest absolute Gasteiger partial charge is 0.381 e. The monoisotopic (exact) mass is 257 g/mol. The van der Waals surface area contributed by atoms with Crippen LogP contribution in [0.5, 0.6) is 0 Å². The van der Waals surface area contributed by atoms with E-state index >= 15 is 0 Å². The zero-order chi connectivity index (χ0) is 12.8. The molecule has 0 heterocycles. The summed E-state index contributed by atoms with van der Waals surface area (Å²) in [5.74, 6) is 0. The van der Waals surface area contributed by atoms with Gasteiger partial charge in [0.25, 0.3) is 0 Å². The zero-order valence-electron chi connectivity index (χ0n) is 10.9. The van der Waals surface area contributed by atoms with Crippen molar-refractivity contribution in [1.29, 1.82) is 0 Å². The SMILES string of the molecule is CCc1ccc(CNc2cccc(SC)c2)cc1. The Morgan fingerprint density at radius 2 is 1.72 bits per heavy atom. The van der Waals surface area contributed by atoms with Crippen LogP contribution in [0.25, 0.3) is 0 Å². The minimum absolute atomic E-state index is 0.877. The molecule has 0 unspecified atom stereocenters. The molecule has 2 aromatic carbocycles. The molecule has 0 atom stereocenters. The Kier molecular flexibility index (Phi) is 4.71. The first kappa shape index (κ1) is 13.0. The van der Waals surface area contributed by atoms with Gasteiger partial charge in [-0.2, -0.15) is 0 Å². The number of thioether (sulfide) groups is 1. The van der Waals surface area contributed by atoms with Gasteiger partial charge in [0, 0.05) is 17.1 Å². The van der Waals surface area contributed by atoms with Crippen LogP contribution in [-0.2, 0) is 13.0 Å². The molecular weight excluding hydrogens is 238 g/mol. The van der Waals surface area contributed by atoms with Gasteiger partial charge in [-0.25, -0.2) is 0 Å². The van der Waals surface area contributed by atoms with Gasteiger partial charge >= 0.3 is 0 Å². The average Bonchev–Trinajstić information content (AvgIpc) is 2.46. The normalized spacial score (nSPS) is 10.3. The van der Waals surface area contributed by atoms with Gasteiger partial charge in [-0.05, 0) is 42.0 Å². The van der Waals surface area contributed by atoms with Crippen LogP contribution in [0.2, 0.25) is 0 Å². The first-order valence-corrected chi connectivity index (χ1v) is 7.50. The highest BCUT2D eigenvalue weighted by Crippen LogP contribution is 2.19. The zero-order valence-corrected chi connectivity index (χ0v) is 11.8. The summed E-state index contributed by atoms with van der Waals surface area (Å²) in [5.41, 5.74) is 3.89. The lowest BCUT2D eigenvalue weighted by atomic mass is 10.1. The predicted octanol–water partition coefficient (Wildman–Crippen LogP) is 4.58. The van der Waals surface area contributed by atoms with Gasteiger partial charge in [0.2, 0.25) is 0 Å². The maximum Gasteiger partial charge on any atom is 0.0400 e. The summed E-state index contributed by atoms with van der Waals surface area (Å²) in [5, 5.41) is 3.46. The molecule has 1 nitrogen and oxygen atoms in total. The molecule has 0 aromatic heterocycles. The Morgan fingerprint density at radius 3 is 2.39 bits per heavy atom. The smallest absolute Gasteiger partial charge is 0.0400 e. The average molecular weight is 257 g/mol. The van der Waals surface area contributed by atoms with E-state index < -0.39 is 0 Å². The lowest BCUT2D eigenvalue weighted by molar-refractivity contribution is 1.10. The summed E-state index contributed by atoms with van der Waals surface area (Å²) in [6, 6.07) is 17.3. The van der Waals surface area contributed by atoms with Crippen LogP contribution < -0.4 is 5.32 Å². The van der Waals surface area contributed by atoms with Crippen molar-refractivity contribution in [3.63, 3.8) is 0 Å². The summed E-state index contributed by atoms with van der Waals surface area (Å²) in [6.45, 7) is 3.06. The Bertz CT molecular complexity index is 491. The third-order valence-electron chi connectivity index (χ3n) is 3.00. The second-order valence-corrected chi connectivity index (χ2v) is 5.14. The first-order valence-electron chi connectivity index (χ1n) is 6.27. The van der Waals surface area contributed by atoms with Gasteiger partial charge in [0.1, 0.15) is 0 Å². The number of aryl methyl sites for hydroxylation is 1. The molecule has 0 amide bonds. The van der Waals surface area contributed by atoms with E-state index in [4.69, 9.17) is 0 Å². The van der Waals surface area contributed by atoms with Crippen molar-refractivity contribution in [3.05, 3.63) is 59.7 Å². The number of hydrogen-bond acceptors (Lipinski definition) is 2. The molecule has 1 N–H and O–H groups in total. The van der Waals surface area contributed by atoms with E-state index in [1.165, 1.54) is 21.7 Å². The van der Waals surface area contributed by atoms with Crippen LogP contribution in [0.1, 0.15) is 18.1 Å². The lowest BCUT2D eigenvalue weighted by Gasteiger charge is -2.08. The fourth-order valence-corrected chi connectivity index (χ4v) is 2.29. The van der Waals surface area contributed by atoms with Crippen molar-refractivity contribution in [3.8, 4) is 0 Å². The van der Waals surface area contributed by atoms with E-state index in [9.17, 15) is 0 Å². The van der Waals surface area contributed by atoms with E-state index in [1.54, 1.807) is 11.8 Å². The molecule has 0 spiro atoms. The highest BCUT2D eigenvalue weighted by Gasteiger charge is 1.96. The van der Waals surface area contributed by atoms with E-state index in [-0.39, 0.29) is 0 Å². The third kappa shape index (κ3) is 3.54. The highest BCUT2D eigenvalue weighted by molar-refractivity contribution is 7.98. The van der Waals surface area contributed by atoms with E-state index in [0.717, 1.165) is 13.0 Å². The highest BCUT2D eigenvalue weighted by atomic mass is 32.2. The van der Waals surface area contributed by atoms with Crippen LogP contribution in [0.15, 0.2) is 53.4 Å². The number of rotatable bonds is 5. The van der Waals surface area contributed by atoms with Crippen molar-refractivity contribution in [2.45, 2.75) is 24.8 Å². The predicted molar refractivity (Wildman–Crippen MR) is 81.4 cm³/mol. The summed E-state index contributed by atoms with van der Waals surface area (Å²) in [7, 11) is 0. The number of anilines is 1. The number of hydrogen-bond donors (Lipinski definition) is 1. The number of nitrogens with one attached hydrogen (secondary N) is 1. The maximum absolute atomic E-state index is 3.46. The van der Waals surface area contributed by atoms with E-state index in [1.807, 2.05) is 0 Å².